The molecule has 0 aliphatic heterocycles. The van der Waals surface area contributed by atoms with E-state index in [9.17, 15) is 4.79 Å². The molecule has 1 N–H and O–H groups in total. The van der Waals surface area contributed by atoms with Crippen molar-refractivity contribution in [3.05, 3.63) is 0 Å². The van der Waals surface area contributed by atoms with Crippen LogP contribution in [-0.2, 0) is 4.79 Å². The Kier molecular flexibility index (Phi) is 5.18. The van der Waals surface area contributed by atoms with Crippen LogP contribution in [0.5, 0.6) is 0 Å². The normalized spacial score (nSPS) is 11.7. The summed E-state index contributed by atoms with van der Waals surface area (Å²) in [6.07, 6.45) is 1.12. The fourth-order valence-corrected chi connectivity index (χ4v) is 0.698. The van der Waals surface area contributed by atoms with Crippen LogP contribution in [-0.4, -0.2) is 12.5 Å². The maximum Gasteiger partial charge on any atom is 0.220 e. The molecule has 0 fully saturated rings. The number of hydrogen-bond donors (Lipinski definition) is 1. The van der Waals surface area contributed by atoms with E-state index in [0.717, 1.165) is 0 Å². The van der Waals surface area contributed by atoms with Crippen molar-refractivity contribution in [1.29, 1.82) is 5.26 Å². The molecule has 0 heterocycles. The summed E-state index contributed by atoms with van der Waals surface area (Å²) in [6, 6.07) is 2.08. The second-order valence-corrected chi connectivity index (χ2v) is 2.52. The topological polar surface area (TPSA) is 52.9 Å². The van der Waals surface area contributed by atoms with Crippen molar-refractivity contribution in [1.82, 2.24) is 5.32 Å². The molecule has 0 aromatic heterocycles. The Balaban J connectivity index is 3.39. The van der Waals surface area contributed by atoms with E-state index in [2.05, 4.69) is 11.4 Å². The summed E-state index contributed by atoms with van der Waals surface area (Å²) >= 11 is 0. The molecule has 11 heavy (non-hydrogen) atoms. The van der Waals surface area contributed by atoms with Crippen molar-refractivity contribution in [2.45, 2.75) is 26.7 Å². The van der Waals surface area contributed by atoms with Gasteiger partial charge in [-0.3, -0.25) is 4.79 Å². The maximum absolute atomic E-state index is 10.8. The molecule has 0 aromatic rings. The number of carbonyl (C=O) groups excluding carboxylic acids is 1. The standard InChI is InChI=1S/C8H14N2O/c1-3-10-8(11)5-4-7(2)6-9/h7H,3-5H2,1-2H3,(H,10,11). The van der Waals surface area contributed by atoms with E-state index in [4.69, 9.17) is 5.26 Å². The second-order valence-electron chi connectivity index (χ2n) is 2.52. The Labute approximate surface area is 67.4 Å². The molecule has 3 heteroatoms. The van der Waals surface area contributed by atoms with E-state index in [-0.39, 0.29) is 11.8 Å². The van der Waals surface area contributed by atoms with Gasteiger partial charge in [0.15, 0.2) is 0 Å². The molecular formula is C8H14N2O. The Morgan fingerprint density at radius 1 is 1.73 bits per heavy atom. The van der Waals surface area contributed by atoms with Crippen LogP contribution in [0.15, 0.2) is 0 Å². The molecule has 1 unspecified atom stereocenters. The highest BCUT2D eigenvalue weighted by molar-refractivity contribution is 5.75. The third kappa shape index (κ3) is 5.41. The van der Waals surface area contributed by atoms with Gasteiger partial charge in [-0.15, -0.1) is 0 Å². The Bertz CT molecular complexity index is 160. The minimum atomic E-state index is -0.0161. The quantitative estimate of drug-likeness (QED) is 0.658. The predicted molar refractivity (Wildman–Crippen MR) is 42.7 cm³/mol. The Hall–Kier alpha value is -1.04. The van der Waals surface area contributed by atoms with Gasteiger partial charge in [0.2, 0.25) is 5.91 Å². The zero-order valence-electron chi connectivity index (χ0n) is 7.05. The highest BCUT2D eigenvalue weighted by Crippen LogP contribution is 2.02. The summed E-state index contributed by atoms with van der Waals surface area (Å²) in [5, 5.41) is 11.1. The number of carbonyl (C=O) groups is 1. The zero-order chi connectivity index (χ0) is 8.69. The third-order valence-electron chi connectivity index (χ3n) is 1.40. The SMILES string of the molecule is CCNC(=O)CCC(C)C#N. The van der Waals surface area contributed by atoms with E-state index in [1.165, 1.54) is 0 Å². The molecule has 0 saturated carbocycles. The number of amides is 1. The summed E-state index contributed by atoms with van der Waals surface area (Å²) in [7, 11) is 0. The van der Waals surface area contributed by atoms with Gasteiger partial charge in [0, 0.05) is 18.9 Å². The molecule has 0 aliphatic rings. The van der Waals surface area contributed by atoms with Gasteiger partial charge in [0.05, 0.1) is 6.07 Å². The number of nitrogens with one attached hydrogen (secondary N) is 1. The average molecular weight is 154 g/mol. The number of rotatable bonds is 4. The lowest BCUT2D eigenvalue weighted by molar-refractivity contribution is -0.121. The minimum Gasteiger partial charge on any atom is -0.356 e. The molecule has 0 rings (SSSR count). The molecule has 0 aromatic carbocycles. The van der Waals surface area contributed by atoms with Gasteiger partial charge in [-0.05, 0) is 20.3 Å². The van der Waals surface area contributed by atoms with Gasteiger partial charge < -0.3 is 5.32 Å². The van der Waals surface area contributed by atoms with E-state index >= 15 is 0 Å². The number of nitrogens with zero attached hydrogens (tertiary/aromatic N) is 1. The van der Waals surface area contributed by atoms with Crippen LogP contribution < -0.4 is 5.32 Å². The zero-order valence-corrected chi connectivity index (χ0v) is 7.05. The fourth-order valence-electron chi connectivity index (χ4n) is 0.698. The summed E-state index contributed by atoms with van der Waals surface area (Å²) < 4.78 is 0. The van der Waals surface area contributed by atoms with Crippen molar-refractivity contribution >= 4 is 5.91 Å². The third-order valence-corrected chi connectivity index (χ3v) is 1.40. The smallest absolute Gasteiger partial charge is 0.220 e. The molecule has 0 aliphatic carbocycles. The van der Waals surface area contributed by atoms with Gasteiger partial charge in [-0.1, -0.05) is 0 Å². The lowest BCUT2D eigenvalue weighted by Crippen LogP contribution is -2.22. The average Bonchev–Trinajstić information content (AvgIpc) is 2.01. The van der Waals surface area contributed by atoms with Gasteiger partial charge in [0.25, 0.3) is 0 Å². The summed E-state index contributed by atoms with van der Waals surface area (Å²) in [5.74, 6) is 0.0206. The lowest BCUT2D eigenvalue weighted by Gasteiger charge is -2.01. The first-order valence-electron chi connectivity index (χ1n) is 3.87. The largest absolute Gasteiger partial charge is 0.356 e. The first kappa shape index (κ1) is 9.96. The highest BCUT2D eigenvalue weighted by Gasteiger charge is 2.03. The van der Waals surface area contributed by atoms with Crippen LogP contribution in [0.2, 0.25) is 0 Å². The van der Waals surface area contributed by atoms with Crippen molar-refractivity contribution < 1.29 is 4.79 Å². The Morgan fingerprint density at radius 2 is 2.36 bits per heavy atom. The first-order chi connectivity index (χ1) is 5.20. The van der Waals surface area contributed by atoms with Crippen LogP contribution in [0.1, 0.15) is 26.7 Å². The predicted octanol–water partition coefficient (Wildman–Crippen LogP) is 1.06. The van der Waals surface area contributed by atoms with Crippen molar-refractivity contribution in [2.75, 3.05) is 6.54 Å². The Morgan fingerprint density at radius 3 is 2.82 bits per heavy atom. The molecule has 1 amide bonds. The maximum atomic E-state index is 10.8. The monoisotopic (exact) mass is 154 g/mol. The van der Waals surface area contributed by atoms with E-state index < -0.39 is 0 Å². The molecular weight excluding hydrogens is 140 g/mol. The van der Waals surface area contributed by atoms with Gasteiger partial charge >= 0.3 is 0 Å². The van der Waals surface area contributed by atoms with Gasteiger partial charge in [0.1, 0.15) is 0 Å². The highest BCUT2D eigenvalue weighted by atomic mass is 16.1. The molecule has 0 spiro atoms. The molecule has 1 atom stereocenters. The van der Waals surface area contributed by atoms with E-state index in [0.29, 0.717) is 19.4 Å². The van der Waals surface area contributed by atoms with E-state index in [1.54, 1.807) is 0 Å². The van der Waals surface area contributed by atoms with Crippen LogP contribution in [0.3, 0.4) is 0 Å². The van der Waals surface area contributed by atoms with Crippen LogP contribution >= 0.6 is 0 Å². The number of hydrogen-bond acceptors (Lipinski definition) is 2. The van der Waals surface area contributed by atoms with Crippen LogP contribution in [0.25, 0.3) is 0 Å². The summed E-state index contributed by atoms with van der Waals surface area (Å²) in [6.45, 7) is 4.37. The molecule has 0 radical (unpaired) electrons. The molecule has 0 saturated heterocycles. The molecule has 62 valence electrons. The first-order valence-corrected chi connectivity index (χ1v) is 3.87. The molecule has 0 bridgehead atoms. The van der Waals surface area contributed by atoms with Crippen molar-refractivity contribution in [3.63, 3.8) is 0 Å². The molecule has 3 nitrogen and oxygen atoms in total. The lowest BCUT2D eigenvalue weighted by atomic mass is 10.1. The number of nitriles is 1. The van der Waals surface area contributed by atoms with Crippen LogP contribution in [0.4, 0.5) is 0 Å². The minimum absolute atomic E-state index is 0.0161. The van der Waals surface area contributed by atoms with Gasteiger partial charge in [-0.2, -0.15) is 5.26 Å². The van der Waals surface area contributed by atoms with Crippen LogP contribution in [0, 0.1) is 17.2 Å². The fraction of sp³-hybridized carbons (Fsp3) is 0.750. The second kappa shape index (κ2) is 5.72. The van der Waals surface area contributed by atoms with E-state index in [1.807, 2.05) is 13.8 Å². The van der Waals surface area contributed by atoms with Crippen molar-refractivity contribution in [3.8, 4) is 6.07 Å². The summed E-state index contributed by atoms with van der Waals surface area (Å²) in [5.41, 5.74) is 0. The van der Waals surface area contributed by atoms with Crippen molar-refractivity contribution in [2.24, 2.45) is 5.92 Å². The van der Waals surface area contributed by atoms with Gasteiger partial charge in [-0.25, -0.2) is 0 Å². The summed E-state index contributed by atoms with van der Waals surface area (Å²) in [4.78, 5) is 10.8.